The van der Waals surface area contributed by atoms with Gasteiger partial charge in [0.25, 0.3) is 0 Å². The van der Waals surface area contributed by atoms with Crippen LogP contribution in [0.1, 0.15) is 38.2 Å². The second kappa shape index (κ2) is 11.2. The fourth-order valence-corrected chi connectivity index (χ4v) is 4.59. The number of carbonyl (C=O) groups is 1. The van der Waals surface area contributed by atoms with Crippen LogP contribution in [0.3, 0.4) is 0 Å². The van der Waals surface area contributed by atoms with Gasteiger partial charge in [-0.05, 0) is 36.5 Å². The molecule has 1 aromatic heterocycles. The first-order valence-electron chi connectivity index (χ1n) is 11.9. The molecule has 2 aliphatic heterocycles. The lowest BCUT2D eigenvalue weighted by Crippen LogP contribution is -2.55. The van der Waals surface area contributed by atoms with Gasteiger partial charge in [0, 0.05) is 30.9 Å². The van der Waals surface area contributed by atoms with Crippen LogP contribution < -0.4 is 19.7 Å². The Hall–Kier alpha value is -2.98. The van der Waals surface area contributed by atoms with Gasteiger partial charge in [0.1, 0.15) is 5.69 Å². The first kappa shape index (κ1) is 25.1. The van der Waals surface area contributed by atoms with Crippen molar-refractivity contribution in [3.63, 3.8) is 0 Å². The molecule has 0 bridgehead atoms. The summed E-state index contributed by atoms with van der Waals surface area (Å²) >= 11 is 0. The lowest BCUT2D eigenvalue weighted by Gasteiger charge is -2.44. The highest BCUT2D eigenvalue weighted by Gasteiger charge is 2.35. The van der Waals surface area contributed by atoms with Gasteiger partial charge in [0.15, 0.2) is 0 Å². The molecule has 10 heteroatoms. The minimum absolute atomic E-state index is 0.0483. The van der Waals surface area contributed by atoms with Gasteiger partial charge >= 0.3 is 12.6 Å². The molecule has 4 rings (SSSR count). The van der Waals surface area contributed by atoms with Crippen LogP contribution in [0.25, 0.3) is 0 Å². The number of methoxy groups -OCH3 is 1. The number of likely N-dealkylation sites (tertiary alicyclic amines) is 1. The Morgan fingerprint density at radius 1 is 1.17 bits per heavy atom. The molecule has 8 nitrogen and oxygen atoms in total. The number of ether oxygens (including phenoxy) is 3. The summed E-state index contributed by atoms with van der Waals surface area (Å²) in [6.07, 6.45) is 1.58. The van der Waals surface area contributed by atoms with Crippen molar-refractivity contribution in [2.75, 3.05) is 43.6 Å². The molecule has 0 spiro atoms. The summed E-state index contributed by atoms with van der Waals surface area (Å²) in [5, 5.41) is 2.76. The maximum absolute atomic E-state index is 13.7. The SMILES string of the molecule is COc1ccc(NC(=O)N(c2ccccc2C(C)C)C2CCN(C3COC3)CC2)c(OC(F)F)n1. The van der Waals surface area contributed by atoms with E-state index in [4.69, 9.17) is 9.47 Å². The normalized spacial score (nSPS) is 17.3. The topological polar surface area (TPSA) is 76.2 Å². The lowest BCUT2D eigenvalue weighted by molar-refractivity contribution is -0.0710. The highest BCUT2D eigenvalue weighted by Crippen LogP contribution is 2.34. The van der Waals surface area contributed by atoms with Crippen molar-refractivity contribution in [2.24, 2.45) is 0 Å². The van der Waals surface area contributed by atoms with Crippen LogP contribution >= 0.6 is 0 Å². The number of nitrogens with zero attached hydrogens (tertiary/aromatic N) is 3. The minimum Gasteiger partial charge on any atom is -0.481 e. The predicted molar refractivity (Wildman–Crippen MR) is 129 cm³/mol. The fraction of sp³-hybridized carbons (Fsp3) is 0.520. The minimum atomic E-state index is -3.09. The monoisotopic (exact) mass is 490 g/mol. The second-order valence-electron chi connectivity index (χ2n) is 9.06. The Morgan fingerprint density at radius 3 is 2.49 bits per heavy atom. The number of amides is 2. The number of hydrogen-bond donors (Lipinski definition) is 1. The number of halogens is 2. The summed E-state index contributed by atoms with van der Waals surface area (Å²) in [5.74, 6) is -0.105. The van der Waals surface area contributed by atoms with Gasteiger partial charge in [-0.3, -0.25) is 9.80 Å². The Morgan fingerprint density at radius 2 is 1.89 bits per heavy atom. The number of hydrogen-bond acceptors (Lipinski definition) is 6. The van der Waals surface area contributed by atoms with Crippen LogP contribution in [0.15, 0.2) is 36.4 Å². The molecular weight excluding hydrogens is 458 g/mol. The van der Waals surface area contributed by atoms with Gasteiger partial charge in [-0.1, -0.05) is 32.0 Å². The Bertz CT molecular complexity index is 1010. The third-order valence-electron chi connectivity index (χ3n) is 6.52. The Labute approximate surface area is 204 Å². The highest BCUT2D eigenvalue weighted by atomic mass is 19.3. The molecule has 3 heterocycles. The number of anilines is 2. The molecule has 35 heavy (non-hydrogen) atoms. The van der Waals surface area contributed by atoms with E-state index in [-0.39, 0.29) is 23.5 Å². The number of rotatable bonds is 8. The molecule has 2 fully saturated rings. The Balaban J connectivity index is 1.62. The zero-order valence-electron chi connectivity index (χ0n) is 20.2. The molecule has 0 unspecified atom stereocenters. The molecule has 2 aromatic rings. The zero-order valence-corrected chi connectivity index (χ0v) is 20.2. The van der Waals surface area contributed by atoms with E-state index in [0.29, 0.717) is 6.04 Å². The Kier molecular flexibility index (Phi) is 8.02. The number of pyridine rings is 1. The van der Waals surface area contributed by atoms with E-state index in [1.165, 1.54) is 19.2 Å². The average Bonchev–Trinajstić information content (AvgIpc) is 2.80. The maximum Gasteiger partial charge on any atom is 0.388 e. The zero-order chi connectivity index (χ0) is 24.9. The van der Waals surface area contributed by atoms with Crippen molar-refractivity contribution in [1.29, 1.82) is 0 Å². The number of carbonyl (C=O) groups excluding carboxylic acids is 1. The van der Waals surface area contributed by atoms with Crippen molar-refractivity contribution in [3.8, 4) is 11.8 Å². The van der Waals surface area contributed by atoms with Gasteiger partial charge < -0.3 is 19.5 Å². The van der Waals surface area contributed by atoms with Crippen LogP contribution in [0.2, 0.25) is 0 Å². The number of aromatic nitrogens is 1. The van der Waals surface area contributed by atoms with Crippen molar-refractivity contribution in [3.05, 3.63) is 42.0 Å². The number of piperidine rings is 1. The van der Waals surface area contributed by atoms with E-state index in [9.17, 15) is 13.6 Å². The molecule has 2 saturated heterocycles. The summed E-state index contributed by atoms with van der Waals surface area (Å²) in [7, 11) is 1.37. The third-order valence-corrected chi connectivity index (χ3v) is 6.52. The van der Waals surface area contributed by atoms with Crippen molar-refractivity contribution >= 4 is 17.4 Å². The van der Waals surface area contributed by atoms with E-state index < -0.39 is 18.5 Å². The first-order valence-corrected chi connectivity index (χ1v) is 11.9. The number of benzene rings is 1. The largest absolute Gasteiger partial charge is 0.481 e. The fourth-order valence-electron chi connectivity index (χ4n) is 4.59. The molecular formula is C25H32F2N4O4. The standard InChI is InChI=1S/C25H32F2N4O4/c1-16(2)19-6-4-5-7-21(19)31(17-10-12-30(13-11-17)18-14-34-15-18)25(32)28-20-8-9-22(33-3)29-23(20)35-24(26)27/h4-9,16-18,24H,10-15H2,1-3H3,(H,28,32). The molecule has 2 aliphatic rings. The molecule has 2 amide bonds. The highest BCUT2D eigenvalue weighted by molar-refractivity contribution is 6.03. The molecule has 0 saturated carbocycles. The number of para-hydroxylation sites is 1. The summed E-state index contributed by atoms with van der Waals surface area (Å²) in [5.41, 5.74) is 1.89. The average molecular weight is 491 g/mol. The molecule has 0 atom stereocenters. The van der Waals surface area contributed by atoms with E-state index in [1.54, 1.807) is 4.90 Å². The molecule has 190 valence electrons. The molecule has 0 aliphatic carbocycles. The van der Waals surface area contributed by atoms with Gasteiger partial charge in [-0.2, -0.15) is 13.8 Å². The van der Waals surface area contributed by atoms with E-state index in [2.05, 4.69) is 33.8 Å². The van der Waals surface area contributed by atoms with Gasteiger partial charge in [0.2, 0.25) is 11.8 Å². The van der Waals surface area contributed by atoms with Crippen LogP contribution in [0.5, 0.6) is 11.8 Å². The van der Waals surface area contributed by atoms with Crippen molar-refractivity contribution in [1.82, 2.24) is 9.88 Å². The first-order chi connectivity index (χ1) is 16.9. The van der Waals surface area contributed by atoms with Crippen molar-refractivity contribution < 1.29 is 27.8 Å². The third kappa shape index (κ3) is 5.82. The van der Waals surface area contributed by atoms with Gasteiger partial charge in [-0.25, -0.2) is 4.79 Å². The number of urea groups is 1. The van der Waals surface area contributed by atoms with Gasteiger partial charge in [0.05, 0.1) is 26.4 Å². The summed E-state index contributed by atoms with van der Waals surface area (Å²) in [6.45, 7) is 4.28. The number of nitrogens with one attached hydrogen (secondary N) is 1. The van der Waals surface area contributed by atoms with E-state index in [0.717, 1.165) is 50.4 Å². The smallest absolute Gasteiger partial charge is 0.388 e. The van der Waals surface area contributed by atoms with Crippen LogP contribution in [-0.2, 0) is 4.74 Å². The van der Waals surface area contributed by atoms with E-state index >= 15 is 0 Å². The van der Waals surface area contributed by atoms with Crippen molar-refractivity contribution in [2.45, 2.75) is 51.3 Å². The van der Waals surface area contributed by atoms with Gasteiger partial charge in [-0.15, -0.1) is 0 Å². The van der Waals surface area contributed by atoms with Crippen LogP contribution in [0, 0.1) is 0 Å². The predicted octanol–water partition coefficient (Wildman–Crippen LogP) is 4.72. The number of alkyl halides is 2. The quantitative estimate of drug-likeness (QED) is 0.577. The van der Waals surface area contributed by atoms with E-state index in [1.807, 2.05) is 24.3 Å². The van der Waals surface area contributed by atoms with Crippen LogP contribution in [0.4, 0.5) is 25.0 Å². The maximum atomic E-state index is 13.7. The second-order valence-corrected chi connectivity index (χ2v) is 9.06. The molecule has 1 N–H and O–H groups in total. The summed E-state index contributed by atoms with van der Waals surface area (Å²) in [4.78, 5) is 21.9. The lowest BCUT2D eigenvalue weighted by atomic mass is 9.96. The molecule has 1 aromatic carbocycles. The summed E-state index contributed by atoms with van der Waals surface area (Å²) < 4.78 is 41.0. The van der Waals surface area contributed by atoms with Crippen LogP contribution in [-0.4, -0.2) is 68.0 Å². The summed E-state index contributed by atoms with van der Waals surface area (Å²) in [6, 6.07) is 10.7. The molecule has 0 radical (unpaired) electrons.